The third-order valence-electron chi connectivity index (χ3n) is 5.13. The molecule has 0 aliphatic carbocycles. The van der Waals surface area contributed by atoms with Crippen molar-refractivity contribution in [2.75, 3.05) is 19.7 Å². The van der Waals surface area contributed by atoms with Crippen LogP contribution >= 0.6 is 0 Å². The average molecular weight is 341 g/mol. The van der Waals surface area contributed by atoms with Gasteiger partial charge in [-0.3, -0.25) is 14.7 Å². The summed E-state index contributed by atoms with van der Waals surface area (Å²) in [6.45, 7) is 3.48. The molecule has 1 N–H and O–H groups in total. The van der Waals surface area contributed by atoms with Gasteiger partial charge in [0.05, 0.1) is 23.7 Å². The number of amides is 1. The van der Waals surface area contributed by atoms with E-state index in [1.807, 2.05) is 6.07 Å². The summed E-state index contributed by atoms with van der Waals surface area (Å²) in [5, 5.41) is 3.15. The molecule has 1 amide bonds. The van der Waals surface area contributed by atoms with Crippen molar-refractivity contribution in [2.45, 2.75) is 37.5 Å². The number of carbonyl (C=O) groups excluding carboxylic acids is 1. The van der Waals surface area contributed by atoms with Crippen molar-refractivity contribution >= 4 is 5.91 Å². The molecule has 2 atom stereocenters. The summed E-state index contributed by atoms with van der Waals surface area (Å²) in [6.07, 6.45) is 9.51. The van der Waals surface area contributed by atoms with E-state index in [0.29, 0.717) is 12.2 Å². The van der Waals surface area contributed by atoms with Crippen LogP contribution in [0.2, 0.25) is 0 Å². The van der Waals surface area contributed by atoms with Crippen molar-refractivity contribution in [1.29, 1.82) is 0 Å². The zero-order valence-corrected chi connectivity index (χ0v) is 14.2. The van der Waals surface area contributed by atoms with Gasteiger partial charge < -0.3 is 14.5 Å². The number of carbonyl (C=O) groups is 1. The summed E-state index contributed by atoms with van der Waals surface area (Å²) >= 11 is 0. The van der Waals surface area contributed by atoms with Gasteiger partial charge in [0.1, 0.15) is 0 Å². The Morgan fingerprint density at radius 2 is 2.40 bits per heavy atom. The smallest absolute Gasteiger partial charge is 0.253 e. The molecule has 6 nitrogen and oxygen atoms in total. The van der Waals surface area contributed by atoms with Crippen LogP contribution in [0.1, 0.15) is 35.2 Å². The number of rotatable bonds is 4. The lowest BCUT2D eigenvalue weighted by Gasteiger charge is -2.38. The minimum absolute atomic E-state index is 0.0524. The zero-order valence-electron chi connectivity index (χ0n) is 14.2. The van der Waals surface area contributed by atoms with Gasteiger partial charge in [-0.15, -0.1) is 0 Å². The Labute approximate surface area is 147 Å². The first-order valence-corrected chi connectivity index (χ1v) is 8.81. The van der Waals surface area contributed by atoms with E-state index in [2.05, 4.69) is 15.2 Å². The van der Waals surface area contributed by atoms with Crippen molar-refractivity contribution < 1.29 is 13.9 Å². The fraction of sp³-hybridized carbons (Fsp3) is 0.474. The van der Waals surface area contributed by atoms with E-state index >= 15 is 0 Å². The molecular weight excluding hydrogens is 318 g/mol. The van der Waals surface area contributed by atoms with Crippen LogP contribution in [-0.4, -0.2) is 47.1 Å². The Kier molecular flexibility index (Phi) is 4.55. The number of furan rings is 1. The number of nitrogens with one attached hydrogen (secondary N) is 1. The topological polar surface area (TPSA) is 67.6 Å². The minimum Gasteiger partial charge on any atom is -0.472 e. The Hall–Kier alpha value is -2.18. The average Bonchev–Trinajstić information content (AvgIpc) is 3.27. The Morgan fingerprint density at radius 3 is 3.20 bits per heavy atom. The largest absolute Gasteiger partial charge is 0.472 e. The first-order chi connectivity index (χ1) is 12.2. The van der Waals surface area contributed by atoms with E-state index in [4.69, 9.17) is 9.15 Å². The van der Waals surface area contributed by atoms with Crippen molar-refractivity contribution in [1.82, 2.24) is 15.2 Å². The van der Waals surface area contributed by atoms with Gasteiger partial charge in [0.2, 0.25) is 0 Å². The molecule has 25 heavy (non-hydrogen) atoms. The lowest BCUT2D eigenvalue weighted by atomic mass is 9.89. The predicted molar refractivity (Wildman–Crippen MR) is 92.0 cm³/mol. The first kappa shape index (κ1) is 16.3. The lowest BCUT2D eigenvalue weighted by Crippen LogP contribution is -2.49. The number of ether oxygens (including phenoxy) is 1. The maximum absolute atomic E-state index is 12.4. The van der Waals surface area contributed by atoms with Crippen molar-refractivity contribution in [2.24, 2.45) is 0 Å². The highest BCUT2D eigenvalue weighted by Gasteiger charge is 2.43. The number of pyridine rings is 1. The van der Waals surface area contributed by atoms with Crippen molar-refractivity contribution in [3.63, 3.8) is 0 Å². The second-order valence-electron chi connectivity index (χ2n) is 7.03. The van der Waals surface area contributed by atoms with Gasteiger partial charge in [-0.2, -0.15) is 0 Å². The summed E-state index contributed by atoms with van der Waals surface area (Å²) in [6, 6.07) is 5.73. The fourth-order valence-corrected chi connectivity index (χ4v) is 3.90. The van der Waals surface area contributed by atoms with Crippen LogP contribution in [0.5, 0.6) is 0 Å². The molecule has 2 aromatic heterocycles. The third-order valence-corrected chi connectivity index (χ3v) is 5.13. The summed E-state index contributed by atoms with van der Waals surface area (Å²) in [5.74, 6) is -0.0524. The van der Waals surface area contributed by atoms with Gasteiger partial charge in [0.15, 0.2) is 0 Å². The Bertz CT molecular complexity index is 704. The molecule has 4 rings (SSSR count). The van der Waals surface area contributed by atoms with E-state index in [0.717, 1.165) is 38.9 Å². The van der Waals surface area contributed by atoms with E-state index in [1.165, 1.54) is 5.56 Å². The van der Waals surface area contributed by atoms with Gasteiger partial charge >= 0.3 is 0 Å². The van der Waals surface area contributed by atoms with Crippen molar-refractivity contribution in [3.05, 3.63) is 54.2 Å². The van der Waals surface area contributed by atoms with E-state index in [1.54, 1.807) is 37.1 Å². The number of aromatic nitrogens is 1. The van der Waals surface area contributed by atoms with E-state index in [9.17, 15) is 4.79 Å². The van der Waals surface area contributed by atoms with Crippen LogP contribution < -0.4 is 5.32 Å². The van der Waals surface area contributed by atoms with Gasteiger partial charge in [-0.25, -0.2) is 0 Å². The first-order valence-electron chi connectivity index (χ1n) is 8.81. The quantitative estimate of drug-likeness (QED) is 0.924. The van der Waals surface area contributed by atoms with Crippen LogP contribution in [0.4, 0.5) is 0 Å². The van der Waals surface area contributed by atoms with E-state index < -0.39 is 0 Å². The fourth-order valence-electron chi connectivity index (χ4n) is 3.90. The maximum Gasteiger partial charge on any atom is 0.253 e. The molecule has 2 saturated heterocycles. The van der Waals surface area contributed by atoms with Crippen LogP contribution in [0.3, 0.4) is 0 Å². The molecule has 0 saturated carbocycles. The second-order valence-corrected chi connectivity index (χ2v) is 7.03. The van der Waals surface area contributed by atoms with Crippen molar-refractivity contribution in [3.8, 4) is 0 Å². The molecule has 132 valence electrons. The molecule has 2 aliphatic heterocycles. The summed E-state index contributed by atoms with van der Waals surface area (Å²) < 4.78 is 11.3. The lowest BCUT2D eigenvalue weighted by molar-refractivity contribution is -0.0793. The number of likely N-dealkylation sites (tertiary alicyclic amines) is 1. The highest BCUT2D eigenvalue weighted by Crippen LogP contribution is 2.35. The molecule has 1 spiro atoms. The molecular formula is C19H23N3O3. The van der Waals surface area contributed by atoms with Gasteiger partial charge in [-0.1, -0.05) is 0 Å². The van der Waals surface area contributed by atoms with Crippen LogP contribution in [0, 0.1) is 0 Å². The van der Waals surface area contributed by atoms with Crippen LogP contribution in [0.15, 0.2) is 47.5 Å². The molecule has 2 fully saturated rings. The Morgan fingerprint density at radius 1 is 1.44 bits per heavy atom. The molecule has 2 aromatic rings. The minimum atomic E-state index is -0.144. The summed E-state index contributed by atoms with van der Waals surface area (Å²) in [5.41, 5.74) is 1.65. The highest BCUT2D eigenvalue weighted by molar-refractivity contribution is 5.94. The van der Waals surface area contributed by atoms with Crippen LogP contribution in [0.25, 0.3) is 0 Å². The molecule has 0 unspecified atom stereocenters. The molecule has 0 aromatic carbocycles. The Balaban J connectivity index is 1.35. The monoisotopic (exact) mass is 341 g/mol. The SMILES string of the molecule is O=C(N[C@@H]1CCO[C@]2(CCN(Cc3ccoc3)C2)C1)c1cccnc1. The maximum atomic E-state index is 12.4. The predicted octanol–water partition coefficient (Wildman–Crippen LogP) is 2.23. The van der Waals surface area contributed by atoms with Gasteiger partial charge in [0.25, 0.3) is 5.91 Å². The van der Waals surface area contributed by atoms with E-state index in [-0.39, 0.29) is 17.6 Å². The van der Waals surface area contributed by atoms with Gasteiger partial charge in [-0.05, 0) is 37.5 Å². The number of hydrogen-bond acceptors (Lipinski definition) is 5. The summed E-state index contributed by atoms with van der Waals surface area (Å²) in [4.78, 5) is 18.8. The molecule has 2 aliphatic rings. The zero-order chi connectivity index (χ0) is 17.1. The molecule has 4 heterocycles. The number of hydrogen-bond donors (Lipinski definition) is 1. The molecule has 0 bridgehead atoms. The van der Waals surface area contributed by atoms with Gasteiger partial charge in [0, 0.05) is 50.2 Å². The molecule has 0 radical (unpaired) electrons. The second kappa shape index (κ2) is 6.98. The standard InChI is InChI=1S/C19H23N3O3/c23-18(16-2-1-6-20-11-16)21-17-4-9-25-19(10-17)5-7-22(14-19)12-15-3-8-24-13-15/h1-3,6,8,11,13,17H,4-5,7,9-10,12,14H2,(H,21,23)/t17-,19-/m1/s1. The molecule has 6 heteroatoms. The third kappa shape index (κ3) is 3.75. The van der Waals surface area contributed by atoms with Crippen LogP contribution in [-0.2, 0) is 11.3 Å². The highest BCUT2D eigenvalue weighted by atomic mass is 16.5. The normalized spacial score (nSPS) is 26.8. The number of nitrogens with zero attached hydrogens (tertiary/aromatic N) is 2. The summed E-state index contributed by atoms with van der Waals surface area (Å²) in [7, 11) is 0.